The lowest BCUT2D eigenvalue weighted by Crippen LogP contribution is -2.25. The molecule has 0 aromatic rings. The van der Waals surface area contributed by atoms with Gasteiger partial charge in [-0.05, 0) is 25.7 Å². The molecule has 0 heterocycles. The van der Waals surface area contributed by atoms with Crippen LogP contribution in [0.4, 0.5) is 0 Å². The normalized spacial score (nSPS) is 27.9. The van der Waals surface area contributed by atoms with Gasteiger partial charge in [-0.2, -0.15) is 0 Å². The lowest BCUT2D eigenvalue weighted by atomic mass is 9.95. The highest BCUT2D eigenvalue weighted by Crippen LogP contribution is 2.20. The molecule has 84 valence electrons. The van der Waals surface area contributed by atoms with Crippen LogP contribution in [-0.4, -0.2) is 48.8 Å². The van der Waals surface area contributed by atoms with Crippen molar-refractivity contribution in [3.63, 3.8) is 0 Å². The first-order chi connectivity index (χ1) is 6.83. The van der Waals surface area contributed by atoms with E-state index in [1.807, 2.05) is 0 Å². The van der Waals surface area contributed by atoms with E-state index in [4.69, 9.17) is 14.6 Å². The second kappa shape index (κ2) is 7.17. The quantitative estimate of drug-likeness (QED) is 0.612. The van der Waals surface area contributed by atoms with Gasteiger partial charge in [-0.25, -0.2) is 0 Å². The molecule has 4 nitrogen and oxygen atoms in total. The summed E-state index contributed by atoms with van der Waals surface area (Å²) in [4.78, 5) is 0. The molecule has 0 aromatic carbocycles. The number of ether oxygens (including phenoxy) is 2. The van der Waals surface area contributed by atoms with Crippen LogP contribution in [0.25, 0.3) is 0 Å². The van der Waals surface area contributed by atoms with E-state index >= 15 is 0 Å². The fourth-order valence-electron chi connectivity index (χ4n) is 1.65. The molecule has 1 saturated carbocycles. The predicted molar refractivity (Wildman–Crippen MR) is 52.1 cm³/mol. The molecular weight excluding hydrogens is 184 g/mol. The van der Waals surface area contributed by atoms with Crippen molar-refractivity contribution in [2.24, 2.45) is 0 Å². The van der Waals surface area contributed by atoms with Gasteiger partial charge in [-0.1, -0.05) is 0 Å². The molecule has 1 fully saturated rings. The topological polar surface area (TPSA) is 58.9 Å². The van der Waals surface area contributed by atoms with Gasteiger partial charge in [0.15, 0.2) is 0 Å². The molecule has 1 rings (SSSR count). The van der Waals surface area contributed by atoms with Crippen LogP contribution in [0.5, 0.6) is 0 Å². The SMILES string of the molecule is OCCOCCOC1CCC(O)CC1. The number of hydrogen-bond donors (Lipinski definition) is 2. The largest absolute Gasteiger partial charge is 0.394 e. The van der Waals surface area contributed by atoms with Gasteiger partial charge in [0.05, 0.1) is 38.6 Å². The Balaban J connectivity index is 1.91. The van der Waals surface area contributed by atoms with Crippen LogP contribution in [0.15, 0.2) is 0 Å². The maximum absolute atomic E-state index is 9.26. The summed E-state index contributed by atoms with van der Waals surface area (Å²) in [6.07, 6.45) is 3.75. The third-order valence-corrected chi connectivity index (χ3v) is 2.46. The average Bonchev–Trinajstić information content (AvgIpc) is 2.21. The molecule has 0 saturated heterocycles. The van der Waals surface area contributed by atoms with Crippen LogP contribution < -0.4 is 0 Å². The molecular formula is C10H20O4. The highest BCUT2D eigenvalue weighted by Gasteiger charge is 2.19. The van der Waals surface area contributed by atoms with Gasteiger partial charge >= 0.3 is 0 Å². The van der Waals surface area contributed by atoms with Crippen molar-refractivity contribution >= 4 is 0 Å². The Hall–Kier alpha value is -0.160. The van der Waals surface area contributed by atoms with Crippen LogP contribution in [0, 0.1) is 0 Å². The zero-order chi connectivity index (χ0) is 10.2. The van der Waals surface area contributed by atoms with Crippen LogP contribution in [-0.2, 0) is 9.47 Å². The summed E-state index contributed by atoms with van der Waals surface area (Å²) in [6.45, 7) is 1.57. The zero-order valence-corrected chi connectivity index (χ0v) is 8.52. The summed E-state index contributed by atoms with van der Waals surface area (Å²) in [5.41, 5.74) is 0. The molecule has 1 aliphatic carbocycles. The minimum absolute atomic E-state index is 0.0651. The molecule has 0 unspecified atom stereocenters. The fraction of sp³-hybridized carbons (Fsp3) is 1.00. The van der Waals surface area contributed by atoms with Gasteiger partial charge in [0, 0.05) is 0 Å². The molecule has 0 aliphatic heterocycles. The molecule has 1 aliphatic rings. The van der Waals surface area contributed by atoms with Crippen molar-refractivity contribution < 1.29 is 19.7 Å². The summed E-state index contributed by atoms with van der Waals surface area (Å²) in [6, 6.07) is 0. The molecule has 2 N–H and O–H groups in total. The summed E-state index contributed by atoms with van der Waals surface area (Å²) in [7, 11) is 0. The van der Waals surface area contributed by atoms with E-state index in [0.29, 0.717) is 19.8 Å². The second-order valence-corrected chi connectivity index (χ2v) is 3.64. The summed E-state index contributed by atoms with van der Waals surface area (Å²) in [5, 5.41) is 17.7. The van der Waals surface area contributed by atoms with Gasteiger partial charge < -0.3 is 19.7 Å². The Morgan fingerprint density at radius 3 is 2.36 bits per heavy atom. The van der Waals surface area contributed by atoms with Crippen molar-refractivity contribution in [3.8, 4) is 0 Å². The van der Waals surface area contributed by atoms with Gasteiger partial charge in [-0.3, -0.25) is 0 Å². The molecule has 0 amide bonds. The highest BCUT2D eigenvalue weighted by atomic mass is 16.5. The van der Waals surface area contributed by atoms with Gasteiger partial charge in [0.1, 0.15) is 0 Å². The van der Waals surface area contributed by atoms with Crippen LogP contribution in [0.1, 0.15) is 25.7 Å². The van der Waals surface area contributed by atoms with Gasteiger partial charge in [-0.15, -0.1) is 0 Å². The minimum atomic E-state index is -0.125. The van der Waals surface area contributed by atoms with Crippen molar-refractivity contribution in [2.75, 3.05) is 26.4 Å². The van der Waals surface area contributed by atoms with Crippen molar-refractivity contribution in [3.05, 3.63) is 0 Å². The summed E-state index contributed by atoms with van der Waals surface area (Å²) < 4.78 is 10.6. The van der Waals surface area contributed by atoms with Gasteiger partial charge in [0.2, 0.25) is 0 Å². The minimum Gasteiger partial charge on any atom is -0.394 e. The molecule has 0 spiro atoms. The highest BCUT2D eigenvalue weighted by molar-refractivity contribution is 4.71. The number of rotatable bonds is 6. The third kappa shape index (κ3) is 4.91. The zero-order valence-electron chi connectivity index (χ0n) is 8.52. The smallest absolute Gasteiger partial charge is 0.0704 e. The first-order valence-electron chi connectivity index (χ1n) is 5.31. The van der Waals surface area contributed by atoms with E-state index in [2.05, 4.69) is 0 Å². The number of hydrogen-bond acceptors (Lipinski definition) is 4. The standard InChI is InChI=1S/C10H20O4/c11-5-6-13-7-8-14-10-3-1-9(12)2-4-10/h9-12H,1-8H2. The second-order valence-electron chi connectivity index (χ2n) is 3.64. The first kappa shape index (κ1) is 11.9. The lowest BCUT2D eigenvalue weighted by Gasteiger charge is -2.25. The van der Waals surface area contributed by atoms with E-state index in [1.54, 1.807) is 0 Å². The molecule has 0 bridgehead atoms. The number of aliphatic hydroxyl groups is 2. The van der Waals surface area contributed by atoms with Crippen molar-refractivity contribution in [1.29, 1.82) is 0 Å². The molecule has 0 radical (unpaired) electrons. The van der Waals surface area contributed by atoms with E-state index in [0.717, 1.165) is 25.7 Å². The summed E-state index contributed by atoms with van der Waals surface area (Å²) >= 11 is 0. The Bertz CT molecular complexity index is 132. The van der Waals surface area contributed by atoms with E-state index < -0.39 is 0 Å². The lowest BCUT2D eigenvalue weighted by molar-refractivity contribution is -0.0316. The Kier molecular flexibility index (Phi) is 6.10. The molecule has 0 aromatic heterocycles. The molecule has 4 heteroatoms. The summed E-state index contributed by atoms with van der Waals surface area (Å²) in [5.74, 6) is 0. The Labute approximate surface area is 84.8 Å². The first-order valence-corrected chi connectivity index (χ1v) is 5.31. The van der Waals surface area contributed by atoms with Crippen LogP contribution >= 0.6 is 0 Å². The molecule has 14 heavy (non-hydrogen) atoms. The average molecular weight is 204 g/mol. The fourth-order valence-corrected chi connectivity index (χ4v) is 1.65. The van der Waals surface area contributed by atoms with E-state index in [-0.39, 0.29) is 18.8 Å². The van der Waals surface area contributed by atoms with E-state index in [1.165, 1.54) is 0 Å². The van der Waals surface area contributed by atoms with Crippen molar-refractivity contribution in [1.82, 2.24) is 0 Å². The Morgan fingerprint density at radius 1 is 1.00 bits per heavy atom. The third-order valence-electron chi connectivity index (χ3n) is 2.46. The van der Waals surface area contributed by atoms with Gasteiger partial charge in [0.25, 0.3) is 0 Å². The van der Waals surface area contributed by atoms with Crippen molar-refractivity contribution in [2.45, 2.75) is 37.9 Å². The Morgan fingerprint density at radius 2 is 1.71 bits per heavy atom. The number of aliphatic hydroxyl groups excluding tert-OH is 2. The van der Waals surface area contributed by atoms with E-state index in [9.17, 15) is 5.11 Å². The maximum atomic E-state index is 9.26. The van der Waals surface area contributed by atoms with Crippen LogP contribution in [0.2, 0.25) is 0 Å². The monoisotopic (exact) mass is 204 g/mol. The molecule has 0 atom stereocenters. The maximum Gasteiger partial charge on any atom is 0.0704 e. The predicted octanol–water partition coefficient (Wildman–Crippen LogP) is 0.315. The van der Waals surface area contributed by atoms with Crippen LogP contribution in [0.3, 0.4) is 0 Å².